The van der Waals surface area contributed by atoms with E-state index in [1.807, 2.05) is 12.1 Å². The number of hydrogen-bond donors (Lipinski definition) is 1. The van der Waals surface area contributed by atoms with E-state index in [0.29, 0.717) is 18.9 Å². The van der Waals surface area contributed by atoms with E-state index in [0.717, 1.165) is 66.1 Å². The molecule has 2 aromatic rings. The van der Waals surface area contributed by atoms with Gasteiger partial charge in [-0.1, -0.05) is 24.6 Å². The van der Waals surface area contributed by atoms with Crippen molar-refractivity contribution in [2.75, 3.05) is 11.9 Å². The summed E-state index contributed by atoms with van der Waals surface area (Å²) in [5.41, 5.74) is 4.95. The molecule has 1 N–H and O–H groups in total. The van der Waals surface area contributed by atoms with Crippen molar-refractivity contribution in [3.05, 3.63) is 35.2 Å². The highest BCUT2D eigenvalue weighted by Gasteiger charge is 2.33. The zero-order valence-electron chi connectivity index (χ0n) is 13.9. The van der Waals surface area contributed by atoms with Crippen LogP contribution in [0.15, 0.2) is 22.7 Å². The smallest absolute Gasteiger partial charge is 0.228 e. The zero-order chi connectivity index (χ0) is 16.5. The quantitative estimate of drug-likeness (QED) is 0.780. The van der Waals surface area contributed by atoms with Gasteiger partial charge in [-0.2, -0.15) is 0 Å². The lowest BCUT2D eigenvalue weighted by molar-refractivity contribution is -0.115. The maximum absolute atomic E-state index is 11.6. The summed E-state index contributed by atoms with van der Waals surface area (Å²) in [6.07, 6.45) is 4.92. The lowest BCUT2D eigenvalue weighted by Gasteiger charge is -2.07. The van der Waals surface area contributed by atoms with Crippen LogP contribution in [0.3, 0.4) is 0 Å². The molecule has 0 atom stereocenters. The Morgan fingerprint density at radius 2 is 2.25 bits per heavy atom. The highest BCUT2D eigenvalue weighted by molar-refractivity contribution is 5.99. The Morgan fingerprint density at radius 3 is 3.04 bits per heavy atom. The molecule has 1 aliphatic carbocycles. The van der Waals surface area contributed by atoms with Crippen LogP contribution in [0.5, 0.6) is 0 Å². The fourth-order valence-corrected chi connectivity index (χ4v) is 3.17. The normalized spacial score (nSPS) is 16.3. The molecule has 0 unspecified atom stereocenters. The number of nitrogens with zero attached hydrogens (tertiary/aromatic N) is 1. The molecule has 0 spiro atoms. The number of nitrogens with one attached hydrogen (secondary N) is 1. The maximum Gasteiger partial charge on any atom is 0.228 e. The Labute approximate surface area is 141 Å². The summed E-state index contributed by atoms with van der Waals surface area (Å²) < 4.78 is 11.4. The number of amides is 1. The first-order chi connectivity index (χ1) is 11.8. The Hall–Kier alpha value is -2.14. The van der Waals surface area contributed by atoms with Crippen molar-refractivity contribution in [1.29, 1.82) is 0 Å². The highest BCUT2D eigenvalue weighted by Crippen LogP contribution is 2.46. The van der Waals surface area contributed by atoms with Gasteiger partial charge in [0.1, 0.15) is 11.5 Å². The van der Waals surface area contributed by atoms with Crippen LogP contribution in [0.2, 0.25) is 0 Å². The SMILES string of the molecule is CCCCOCc1noc(C2CC2)c1-c1ccc2c(c1)CC(=O)N2. The predicted molar refractivity (Wildman–Crippen MR) is 90.8 cm³/mol. The molecule has 4 rings (SSSR count). The van der Waals surface area contributed by atoms with Crippen LogP contribution in [-0.2, 0) is 22.6 Å². The van der Waals surface area contributed by atoms with Gasteiger partial charge >= 0.3 is 0 Å². The van der Waals surface area contributed by atoms with Gasteiger partial charge in [-0.05, 0) is 42.5 Å². The minimum Gasteiger partial charge on any atom is -0.375 e. The fraction of sp³-hybridized carbons (Fsp3) is 0.474. The molecular formula is C19H22N2O3. The summed E-state index contributed by atoms with van der Waals surface area (Å²) in [4.78, 5) is 11.6. The molecule has 5 nitrogen and oxygen atoms in total. The molecule has 1 aliphatic heterocycles. The Bertz CT molecular complexity index is 762. The summed E-state index contributed by atoms with van der Waals surface area (Å²) in [5, 5.41) is 7.16. The molecule has 1 fully saturated rings. The van der Waals surface area contributed by atoms with Crippen molar-refractivity contribution in [1.82, 2.24) is 5.16 Å². The van der Waals surface area contributed by atoms with Gasteiger partial charge in [0.25, 0.3) is 0 Å². The molecule has 1 aromatic carbocycles. The molecule has 2 aliphatic rings. The Kier molecular flexibility index (Phi) is 4.10. The number of unbranched alkanes of at least 4 members (excludes halogenated alkanes) is 1. The number of ether oxygens (including phenoxy) is 1. The van der Waals surface area contributed by atoms with Gasteiger partial charge in [0.2, 0.25) is 5.91 Å². The van der Waals surface area contributed by atoms with Crippen molar-refractivity contribution in [3.63, 3.8) is 0 Å². The van der Waals surface area contributed by atoms with Crippen molar-refractivity contribution >= 4 is 11.6 Å². The zero-order valence-corrected chi connectivity index (χ0v) is 13.9. The largest absolute Gasteiger partial charge is 0.375 e. The van der Waals surface area contributed by atoms with E-state index in [-0.39, 0.29) is 5.91 Å². The molecule has 2 heterocycles. The second-order valence-corrected chi connectivity index (χ2v) is 6.65. The average Bonchev–Trinajstić information content (AvgIpc) is 3.22. The minimum atomic E-state index is 0.0537. The van der Waals surface area contributed by atoms with Crippen LogP contribution in [0.25, 0.3) is 11.1 Å². The average molecular weight is 326 g/mol. The number of rotatable bonds is 7. The molecule has 1 aromatic heterocycles. The fourth-order valence-electron chi connectivity index (χ4n) is 3.17. The third kappa shape index (κ3) is 2.96. The number of hydrogen-bond acceptors (Lipinski definition) is 4. The van der Waals surface area contributed by atoms with Gasteiger partial charge in [-0.15, -0.1) is 0 Å². The molecule has 126 valence electrons. The van der Waals surface area contributed by atoms with Crippen LogP contribution in [-0.4, -0.2) is 17.7 Å². The summed E-state index contributed by atoms with van der Waals surface area (Å²) in [6.45, 7) is 3.36. The molecule has 1 saturated carbocycles. The highest BCUT2D eigenvalue weighted by atomic mass is 16.5. The van der Waals surface area contributed by atoms with E-state index in [1.165, 1.54) is 0 Å². The third-order valence-corrected chi connectivity index (χ3v) is 4.64. The van der Waals surface area contributed by atoms with Crippen LogP contribution in [0, 0.1) is 0 Å². The molecule has 0 bridgehead atoms. The summed E-state index contributed by atoms with van der Waals surface area (Å²) in [7, 11) is 0. The topological polar surface area (TPSA) is 64.4 Å². The van der Waals surface area contributed by atoms with Crippen molar-refractivity contribution in [2.24, 2.45) is 0 Å². The van der Waals surface area contributed by atoms with Gasteiger partial charge in [0.05, 0.1) is 18.6 Å². The first kappa shape index (κ1) is 15.4. The predicted octanol–water partition coefficient (Wildman–Crippen LogP) is 4.03. The standard InChI is InChI=1S/C19H22N2O3/c1-2-3-8-23-11-16-18(19(24-21-16)12-4-5-12)13-6-7-15-14(9-13)10-17(22)20-15/h6-7,9,12H,2-5,8,10-11H2,1H3,(H,20,22). The van der Waals surface area contributed by atoms with Crippen LogP contribution in [0.1, 0.15) is 55.5 Å². The Morgan fingerprint density at radius 1 is 1.38 bits per heavy atom. The van der Waals surface area contributed by atoms with Crippen molar-refractivity contribution in [2.45, 2.75) is 51.6 Å². The summed E-state index contributed by atoms with van der Waals surface area (Å²) in [6, 6.07) is 6.10. The second-order valence-electron chi connectivity index (χ2n) is 6.65. The van der Waals surface area contributed by atoms with E-state index >= 15 is 0 Å². The van der Waals surface area contributed by atoms with Crippen molar-refractivity contribution in [3.8, 4) is 11.1 Å². The maximum atomic E-state index is 11.6. The minimum absolute atomic E-state index is 0.0537. The Balaban J connectivity index is 1.64. The number of carbonyl (C=O) groups excluding carboxylic acids is 1. The number of carbonyl (C=O) groups is 1. The van der Waals surface area contributed by atoms with E-state index in [4.69, 9.17) is 9.26 Å². The summed E-state index contributed by atoms with van der Waals surface area (Å²) >= 11 is 0. The number of benzene rings is 1. The monoisotopic (exact) mass is 326 g/mol. The van der Waals surface area contributed by atoms with Crippen molar-refractivity contribution < 1.29 is 14.1 Å². The van der Waals surface area contributed by atoms with Gasteiger partial charge < -0.3 is 14.6 Å². The number of aromatic nitrogens is 1. The molecular weight excluding hydrogens is 304 g/mol. The molecule has 0 saturated heterocycles. The number of anilines is 1. The van der Waals surface area contributed by atoms with E-state index in [9.17, 15) is 4.79 Å². The van der Waals surface area contributed by atoms with Crippen LogP contribution in [0.4, 0.5) is 5.69 Å². The van der Waals surface area contributed by atoms with Gasteiger partial charge in [0.15, 0.2) is 0 Å². The lowest BCUT2D eigenvalue weighted by atomic mass is 9.98. The van der Waals surface area contributed by atoms with Gasteiger partial charge in [-0.25, -0.2) is 0 Å². The number of fused-ring (bicyclic) bond motifs is 1. The molecule has 24 heavy (non-hydrogen) atoms. The molecule has 1 amide bonds. The molecule has 0 radical (unpaired) electrons. The lowest BCUT2D eigenvalue weighted by Crippen LogP contribution is -2.03. The molecule has 5 heteroatoms. The second kappa shape index (κ2) is 6.40. The van der Waals surface area contributed by atoms with Gasteiger partial charge in [0, 0.05) is 18.2 Å². The first-order valence-electron chi connectivity index (χ1n) is 8.75. The van der Waals surface area contributed by atoms with E-state index in [2.05, 4.69) is 23.5 Å². The van der Waals surface area contributed by atoms with E-state index in [1.54, 1.807) is 0 Å². The van der Waals surface area contributed by atoms with Gasteiger partial charge in [-0.3, -0.25) is 4.79 Å². The third-order valence-electron chi connectivity index (χ3n) is 4.64. The van der Waals surface area contributed by atoms with E-state index < -0.39 is 0 Å². The summed E-state index contributed by atoms with van der Waals surface area (Å²) in [5.74, 6) is 1.50. The van der Waals surface area contributed by atoms with Crippen LogP contribution < -0.4 is 5.32 Å². The first-order valence-corrected chi connectivity index (χ1v) is 8.75. The van der Waals surface area contributed by atoms with Crippen LogP contribution >= 0.6 is 0 Å².